The molecule has 1 aromatic carbocycles. The number of thiophene rings is 2. The minimum Gasteiger partial charge on any atom is -0.366 e. The van der Waals surface area contributed by atoms with Gasteiger partial charge in [-0.2, -0.15) is 22.7 Å². The van der Waals surface area contributed by atoms with Crippen LogP contribution in [0.1, 0.15) is 20.7 Å². The Kier molecular flexibility index (Phi) is 4.04. The predicted molar refractivity (Wildman–Crippen MR) is 90.1 cm³/mol. The van der Waals surface area contributed by atoms with Crippen LogP contribution in [-0.2, 0) is 0 Å². The molecule has 0 unspecified atom stereocenters. The van der Waals surface area contributed by atoms with E-state index >= 15 is 0 Å². The zero-order valence-electron chi connectivity index (χ0n) is 11.4. The average Bonchev–Trinajstić information content (AvgIpc) is 3.21. The molecule has 0 spiro atoms. The Labute approximate surface area is 135 Å². The summed E-state index contributed by atoms with van der Waals surface area (Å²) in [6.07, 6.45) is 0. The monoisotopic (exact) mass is 328 g/mol. The summed E-state index contributed by atoms with van der Waals surface area (Å²) in [4.78, 5) is 25.6. The van der Waals surface area contributed by atoms with Crippen LogP contribution in [-0.4, -0.2) is 11.8 Å². The number of carbonyl (C=O) groups is 2. The van der Waals surface area contributed by atoms with Gasteiger partial charge >= 0.3 is 0 Å². The highest BCUT2D eigenvalue weighted by Crippen LogP contribution is 2.30. The number of amides is 2. The Bertz CT molecular complexity index is 744. The van der Waals surface area contributed by atoms with Crippen LogP contribution in [0.3, 0.4) is 0 Å². The van der Waals surface area contributed by atoms with Crippen LogP contribution in [0.15, 0.2) is 57.9 Å². The first-order valence-electron chi connectivity index (χ1n) is 6.45. The van der Waals surface area contributed by atoms with Crippen molar-refractivity contribution in [1.82, 2.24) is 0 Å². The van der Waals surface area contributed by atoms with Gasteiger partial charge in [-0.15, -0.1) is 0 Å². The number of carbonyl (C=O) groups excluding carboxylic acids is 2. The fraction of sp³-hybridized carbons (Fsp3) is 0. The summed E-state index contributed by atoms with van der Waals surface area (Å²) < 4.78 is 0. The number of nitrogens with zero attached hydrogens (tertiary/aromatic N) is 1. The van der Waals surface area contributed by atoms with E-state index in [0.717, 1.165) is 11.4 Å². The summed E-state index contributed by atoms with van der Waals surface area (Å²) in [6, 6.07) is 10.2. The SMILES string of the molecule is NC(=O)c1ccc(C(=O)N(c2ccsc2)c2ccsc2)cc1. The van der Waals surface area contributed by atoms with Crippen molar-refractivity contribution in [3.8, 4) is 0 Å². The van der Waals surface area contributed by atoms with Gasteiger partial charge in [-0.3, -0.25) is 14.5 Å². The lowest BCUT2D eigenvalue weighted by atomic mass is 10.1. The minimum absolute atomic E-state index is 0.146. The summed E-state index contributed by atoms with van der Waals surface area (Å²) >= 11 is 3.06. The highest BCUT2D eigenvalue weighted by molar-refractivity contribution is 7.08. The molecule has 2 N–H and O–H groups in total. The van der Waals surface area contributed by atoms with E-state index < -0.39 is 5.91 Å². The molecule has 0 bridgehead atoms. The maximum atomic E-state index is 12.8. The van der Waals surface area contributed by atoms with Gasteiger partial charge in [-0.1, -0.05) is 0 Å². The first-order valence-corrected chi connectivity index (χ1v) is 8.34. The molecule has 0 saturated heterocycles. The van der Waals surface area contributed by atoms with Crippen molar-refractivity contribution in [2.75, 3.05) is 4.90 Å². The van der Waals surface area contributed by atoms with Crippen LogP contribution in [0.2, 0.25) is 0 Å². The zero-order chi connectivity index (χ0) is 15.5. The standard InChI is InChI=1S/C16H12N2O2S2/c17-15(19)11-1-3-12(4-2-11)16(20)18(13-5-7-21-9-13)14-6-8-22-10-14/h1-10H,(H2,17,19). The molecule has 0 fully saturated rings. The van der Waals surface area contributed by atoms with Gasteiger partial charge in [0.15, 0.2) is 0 Å². The summed E-state index contributed by atoms with van der Waals surface area (Å²) in [5, 5.41) is 7.71. The second-order valence-electron chi connectivity index (χ2n) is 4.55. The Hall–Kier alpha value is -2.44. The fourth-order valence-corrected chi connectivity index (χ4v) is 3.30. The number of benzene rings is 1. The lowest BCUT2D eigenvalue weighted by Gasteiger charge is -2.20. The Morgan fingerprint density at radius 3 is 1.73 bits per heavy atom. The summed E-state index contributed by atoms with van der Waals surface area (Å²) in [5.74, 6) is -0.653. The third kappa shape index (κ3) is 2.79. The zero-order valence-corrected chi connectivity index (χ0v) is 13.1. The van der Waals surface area contributed by atoms with Gasteiger partial charge in [0.25, 0.3) is 5.91 Å². The molecule has 6 heteroatoms. The summed E-state index contributed by atoms with van der Waals surface area (Å²) in [7, 11) is 0. The molecule has 2 amide bonds. The topological polar surface area (TPSA) is 63.4 Å². The first-order chi connectivity index (χ1) is 10.7. The molecule has 3 aromatic rings. The highest BCUT2D eigenvalue weighted by atomic mass is 32.1. The van der Waals surface area contributed by atoms with Gasteiger partial charge in [-0.25, -0.2) is 0 Å². The van der Waals surface area contributed by atoms with Crippen LogP contribution in [0, 0.1) is 0 Å². The molecule has 0 aliphatic carbocycles. The lowest BCUT2D eigenvalue weighted by molar-refractivity contribution is 0.0988. The molecule has 110 valence electrons. The van der Waals surface area contributed by atoms with E-state index in [-0.39, 0.29) is 5.91 Å². The van der Waals surface area contributed by atoms with Crippen LogP contribution < -0.4 is 10.6 Å². The van der Waals surface area contributed by atoms with Crippen molar-refractivity contribution in [3.63, 3.8) is 0 Å². The van der Waals surface area contributed by atoms with E-state index in [1.165, 1.54) is 22.7 Å². The third-order valence-corrected chi connectivity index (χ3v) is 4.49. The number of hydrogen-bond donors (Lipinski definition) is 1. The number of primary amides is 1. The second-order valence-corrected chi connectivity index (χ2v) is 6.11. The van der Waals surface area contributed by atoms with Gasteiger partial charge in [0, 0.05) is 21.9 Å². The van der Waals surface area contributed by atoms with Gasteiger partial charge < -0.3 is 5.73 Å². The van der Waals surface area contributed by atoms with Gasteiger partial charge in [-0.05, 0) is 47.2 Å². The summed E-state index contributed by atoms with van der Waals surface area (Å²) in [5.41, 5.74) is 7.76. The first kappa shape index (κ1) is 14.5. The maximum absolute atomic E-state index is 12.8. The molecular formula is C16H12N2O2S2. The fourth-order valence-electron chi connectivity index (χ4n) is 2.06. The van der Waals surface area contributed by atoms with Gasteiger partial charge in [0.1, 0.15) is 0 Å². The van der Waals surface area contributed by atoms with E-state index in [4.69, 9.17) is 5.73 Å². The second kappa shape index (κ2) is 6.13. The Balaban J connectivity index is 1.98. The third-order valence-electron chi connectivity index (χ3n) is 3.15. The van der Waals surface area contributed by atoms with Crippen LogP contribution in [0.4, 0.5) is 11.4 Å². The number of rotatable bonds is 4. The molecule has 2 aromatic heterocycles. The van der Waals surface area contributed by atoms with Crippen molar-refractivity contribution in [3.05, 3.63) is 69.0 Å². The van der Waals surface area contributed by atoms with Crippen molar-refractivity contribution < 1.29 is 9.59 Å². The molecule has 0 aliphatic rings. The summed E-state index contributed by atoms with van der Waals surface area (Å²) in [6.45, 7) is 0. The van der Waals surface area contributed by atoms with Crippen LogP contribution in [0.5, 0.6) is 0 Å². The van der Waals surface area contributed by atoms with Crippen molar-refractivity contribution in [1.29, 1.82) is 0 Å². The number of anilines is 2. The van der Waals surface area contributed by atoms with E-state index in [0.29, 0.717) is 11.1 Å². The van der Waals surface area contributed by atoms with Crippen molar-refractivity contribution in [2.45, 2.75) is 0 Å². The average molecular weight is 328 g/mol. The molecular weight excluding hydrogens is 316 g/mol. The number of nitrogens with two attached hydrogens (primary N) is 1. The maximum Gasteiger partial charge on any atom is 0.262 e. The van der Waals surface area contributed by atoms with Crippen LogP contribution >= 0.6 is 22.7 Å². The van der Waals surface area contributed by atoms with Crippen molar-refractivity contribution in [2.24, 2.45) is 5.73 Å². The van der Waals surface area contributed by atoms with E-state index in [2.05, 4.69) is 0 Å². The molecule has 2 heterocycles. The molecule has 0 aliphatic heterocycles. The van der Waals surface area contributed by atoms with Gasteiger partial charge in [0.05, 0.1) is 11.4 Å². The molecule has 22 heavy (non-hydrogen) atoms. The van der Waals surface area contributed by atoms with E-state index in [1.54, 1.807) is 29.2 Å². The minimum atomic E-state index is -0.508. The highest BCUT2D eigenvalue weighted by Gasteiger charge is 2.20. The predicted octanol–water partition coefficient (Wildman–Crippen LogP) is 3.89. The van der Waals surface area contributed by atoms with E-state index in [1.807, 2.05) is 33.7 Å². The number of hydrogen-bond acceptors (Lipinski definition) is 4. The lowest BCUT2D eigenvalue weighted by Crippen LogP contribution is -2.25. The largest absolute Gasteiger partial charge is 0.366 e. The quantitative estimate of drug-likeness (QED) is 0.790. The van der Waals surface area contributed by atoms with Gasteiger partial charge in [0.2, 0.25) is 5.91 Å². The Morgan fingerprint density at radius 1 is 0.818 bits per heavy atom. The normalized spacial score (nSPS) is 10.4. The molecule has 0 saturated carbocycles. The van der Waals surface area contributed by atoms with E-state index in [9.17, 15) is 9.59 Å². The smallest absolute Gasteiger partial charge is 0.262 e. The molecule has 0 atom stereocenters. The molecule has 4 nitrogen and oxygen atoms in total. The Morgan fingerprint density at radius 2 is 1.32 bits per heavy atom. The molecule has 0 radical (unpaired) electrons. The molecule has 3 rings (SSSR count). The van der Waals surface area contributed by atoms with Crippen LogP contribution in [0.25, 0.3) is 0 Å². The van der Waals surface area contributed by atoms with Crippen molar-refractivity contribution >= 4 is 45.9 Å².